The van der Waals surface area contributed by atoms with Crippen LogP contribution in [0.2, 0.25) is 0 Å². The van der Waals surface area contributed by atoms with Gasteiger partial charge in [-0.2, -0.15) is 0 Å². The number of ether oxygens (including phenoxy) is 1. The zero-order valence-corrected chi connectivity index (χ0v) is 16.8. The summed E-state index contributed by atoms with van der Waals surface area (Å²) < 4.78 is 11.5. The standard InChI is InChI=1S/C21H27N3O4/c1-13-7-9-14(10-8-13)17-16(18(22)25)23-19(27-17)15-6-5-11-24(12-15)20(26)28-21(2,3)4/h7-10,15H,5-6,11-12H2,1-4H3,(H2,22,25). The summed E-state index contributed by atoms with van der Waals surface area (Å²) in [4.78, 5) is 30.4. The van der Waals surface area contributed by atoms with Crippen molar-refractivity contribution in [3.63, 3.8) is 0 Å². The molecule has 2 N–H and O–H groups in total. The minimum atomic E-state index is -0.634. The van der Waals surface area contributed by atoms with Gasteiger partial charge in [-0.05, 0) is 40.5 Å². The van der Waals surface area contributed by atoms with E-state index in [-0.39, 0.29) is 17.7 Å². The highest BCUT2D eigenvalue weighted by atomic mass is 16.6. The first-order chi connectivity index (χ1) is 13.1. The lowest BCUT2D eigenvalue weighted by molar-refractivity contribution is 0.0190. The second-order valence-electron chi connectivity index (χ2n) is 8.23. The van der Waals surface area contributed by atoms with E-state index in [4.69, 9.17) is 14.9 Å². The molecule has 1 fully saturated rings. The van der Waals surface area contributed by atoms with Crippen LogP contribution in [0, 0.1) is 6.92 Å². The van der Waals surface area contributed by atoms with Crippen molar-refractivity contribution in [1.82, 2.24) is 9.88 Å². The third-order valence-electron chi connectivity index (χ3n) is 4.61. The van der Waals surface area contributed by atoms with Gasteiger partial charge in [0, 0.05) is 18.7 Å². The molecule has 1 aliphatic heterocycles. The number of likely N-dealkylation sites (tertiary alicyclic amines) is 1. The van der Waals surface area contributed by atoms with Gasteiger partial charge in [0.1, 0.15) is 5.60 Å². The molecule has 0 spiro atoms. The summed E-state index contributed by atoms with van der Waals surface area (Å²) in [5.41, 5.74) is 6.94. The molecule has 28 heavy (non-hydrogen) atoms. The zero-order chi connectivity index (χ0) is 20.5. The van der Waals surface area contributed by atoms with Crippen molar-refractivity contribution in [3.8, 4) is 11.3 Å². The molecule has 1 saturated heterocycles. The minimum Gasteiger partial charge on any atom is -0.444 e. The lowest BCUT2D eigenvalue weighted by atomic mass is 9.98. The lowest BCUT2D eigenvalue weighted by Crippen LogP contribution is -2.42. The summed E-state index contributed by atoms with van der Waals surface area (Å²) in [6.07, 6.45) is 1.27. The molecule has 150 valence electrons. The van der Waals surface area contributed by atoms with Crippen LogP contribution >= 0.6 is 0 Å². The Morgan fingerprint density at radius 2 is 1.93 bits per heavy atom. The fourth-order valence-corrected chi connectivity index (χ4v) is 3.25. The number of nitrogens with zero attached hydrogens (tertiary/aromatic N) is 2. The fraction of sp³-hybridized carbons (Fsp3) is 0.476. The highest BCUT2D eigenvalue weighted by Gasteiger charge is 2.32. The molecule has 3 rings (SSSR count). The molecule has 0 saturated carbocycles. The molecule has 0 aliphatic carbocycles. The van der Waals surface area contributed by atoms with Crippen LogP contribution in [0.3, 0.4) is 0 Å². The third-order valence-corrected chi connectivity index (χ3v) is 4.61. The van der Waals surface area contributed by atoms with E-state index in [1.165, 1.54) is 0 Å². The molecule has 2 amide bonds. The van der Waals surface area contributed by atoms with Crippen LogP contribution < -0.4 is 5.73 Å². The number of carbonyl (C=O) groups excluding carboxylic acids is 2. The molecular weight excluding hydrogens is 358 g/mol. The average Bonchev–Trinajstić information content (AvgIpc) is 3.07. The molecule has 7 heteroatoms. The van der Waals surface area contributed by atoms with Crippen LogP contribution in [0.4, 0.5) is 4.79 Å². The molecule has 1 atom stereocenters. The molecule has 1 unspecified atom stereocenters. The number of piperidine rings is 1. The quantitative estimate of drug-likeness (QED) is 0.865. The van der Waals surface area contributed by atoms with Crippen molar-refractivity contribution in [2.75, 3.05) is 13.1 Å². The number of carbonyl (C=O) groups is 2. The first-order valence-electron chi connectivity index (χ1n) is 9.49. The van der Waals surface area contributed by atoms with E-state index in [1.807, 2.05) is 52.0 Å². The van der Waals surface area contributed by atoms with E-state index >= 15 is 0 Å². The van der Waals surface area contributed by atoms with Crippen LogP contribution in [0.5, 0.6) is 0 Å². The van der Waals surface area contributed by atoms with E-state index in [9.17, 15) is 9.59 Å². The molecule has 1 aromatic heterocycles. The van der Waals surface area contributed by atoms with E-state index in [2.05, 4.69) is 4.98 Å². The van der Waals surface area contributed by atoms with Crippen LogP contribution in [0.25, 0.3) is 11.3 Å². The van der Waals surface area contributed by atoms with Crippen molar-refractivity contribution in [1.29, 1.82) is 0 Å². The van der Waals surface area contributed by atoms with Gasteiger partial charge in [-0.1, -0.05) is 29.8 Å². The van der Waals surface area contributed by atoms with Gasteiger partial charge in [-0.3, -0.25) is 4.79 Å². The van der Waals surface area contributed by atoms with Crippen LogP contribution in [-0.4, -0.2) is 40.6 Å². The minimum absolute atomic E-state index is 0.112. The number of amides is 2. The van der Waals surface area contributed by atoms with Crippen LogP contribution in [0.15, 0.2) is 28.7 Å². The van der Waals surface area contributed by atoms with Crippen molar-refractivity contribution in [2.24, 2.45) is 5.73 Å². The number of primary amides is 1. The normalized spacial score (nSPS) is 17.4. The Kier molecular flexibility index (Phi) is 5.45. The van der Waals surface area contributed by atoms with Gasteiger partial charge in [0.2, 0.25) is 5.89 Å². The lowest BCUT2D eigenvalue weighted by Gasteiger charge is -2.32. The maximum atomic E-state index is 12.4. The van der Waals surface area contributed by atoms with Crippen molar-refractivity contribution in [3.05, 3.63) is 41.4 Å². The van der Waals surface area contributed by atoms with Crippen LogP contribution in [0.1, 0.15) is 61.5 Å². The van der Waals surface area contributed by atoms with Crippen LogP contribution in [-0.2, 0) is 4.74 Å². The van der Waals surface area contributed by atoms with Gasteiger partial charge >= 0.3 is 6.09 Å². The average molecular weight is 385 g/mol. The first kappa shape index (κ1) is 19.9. The Bertz CT molecular complexity index is 865. The molecule has 1 aromatic carbocycles. The molecular formula is C21H27N3O4. The summed E-state index contributed by atoms with van der Waals surface area (Å²) in [7, 11) is 0. The smallest absolute Gasteiger partial charge is 0.410 e. The molecule has 2 heterocycles. The van der Waals surface area contributed by atoms with Gasteiger partial charge in [0.25, 0.3) is 5.91 Å². The predicted octanol–water partition coefficient (Wildman–Crippen LogP) is 3.86. The number of rotatable bonds is 3. The Morgan fingerprint density at radius 3 is 2.54 bits per heavy atom. The first-order valence-corrected chi connectivity index (χ1v) is 9.49. The highest BCUT2D eigenvalue weighted by Crippen LogP contribution is 2.32. The number of aromatic nitrogens is 1. The SMILES string of the molecule is Cc1ccc(-c2oc(C3CCCN(C(=O)OC(C)(C)C)C3)nc2C(N)=O)cc1. The van der Waals surface area contributed by atoms with E-state index in [0.29, 0.717) is 24.7 Å². The Hall–Kier alpha value is -2.83. The summed E-state index contributed by atoms with van der Waals surface area (Å²) in [6, 6.07) is 7.63. The number of benzene rings is 1. The van der Waals surface area contributed by atoms with Crippen molar-refractivity contribution < 1.29 is 18.7 Å². The Balaban J connectivity index is 1.85. The summed E-state index contributed by atoms with van der Waals surface area (Å²) in [5, 5.41) is 0. The van der Waals surface area contributed by atoms with Gasteiger partial charge in [-0.15, -0.1) is 0 Å². The van der Waals surface area contributed by atoms with E-state index in [0.717, 1.165) is 24.0 Å². The molecule has 2 aromatic rings. The van der Waals surface area contributed by atoms with Gasteiger partial charge in [0.05, 0.1) is 5.92 Å². The monoisotopic (exact) mass is 385 g/mol. The number of nitrogens with two attached hydrogens (primary N) is 1. The van der Waals surface area contributed by atoms with Crippen molar-refractivity contribution in [2.45, 2.75) is 52.1 Å². The van der Waals surface area contributed by atoms with Gasteiger partial charge in [-0.25, -0.2) is 9.78 Å². The molecule has 0 radical (unpaired) electrons. The topological polar surface area (TPSA) is 98.7 Å². The second-order valence-corrected chi connectivity index (χ2v) is 8.23. The number of oxazole rings is 1. The zero-order valence-electron chi connectivity index (χ0n) is 16.8. The third kappa shape index (κ3) is 4.52. The number of hydrogen-bond donors (Lipinski definition) is 1. The fourth-order valence-electron chi connectivity index (χ4n) is 3.25. The predicted molar refractivity (Wildman–Crippen MR) is 105 cm³/mol. The second kappa shape index (κ2) is 7.66. The largest absolute Gasteiger partial charge is 0.444 e. The number of aryl methyl sites for hydroxylation is 1. The maximum absolute atomic E-state index is 12.4. The Labute approximate surface area is 164 Å². The van der Waals surface area contributed by atoms with E-state index in [1.54, 1.807) is 4.90 Å². The Morgan fingerprint density at radius 1 is 1.25 bits per heavy atom. The summed E-state index contributed by atoms with van der Waals surface area (Å²) >= 11 is 0. The highest BCUT2D eigenvalue weighted by molar-refractivity contribution is 5.96. The molecule has 7 nitrogen and oxygen atoms in total. The molecule has 1 aliphatic rings. The van der Waals surface area contributed by atoms with Gasteiger partial charge in [0.15, 0.2) is 11.5 Å². The molecule has 0 bridgehead atoms. The van der Waals surface area contributed by atoms with E-state index < -0.39 is 11.5 Å². The summed E-state index contributed by atoms with van der Waals surface area (Å²) in [6.45, 7) is 8.56. The number of hydrogen-bond acceptors (Lipinski definition) is 5. The van der Waals surface area contributed by atoms with Crippen molar-refractivity contribution >= 4 is 12.0 Å². The van der Waals surface area contributed by atoms with Gasteiger partial charge < -0.3 is 19.8 Å². The summed E-state index contributed by atoms with van der Waals surface area (Å²) in [5.74, 6) is 0.0541. The maximum Gasteiger partial charge on any atom is 0.410 e.